The molecule has 0 aromatic heterocycles. The van der Waals surface area contributed by atoms with Crippen molar-refractivity contribution in [3.8, 4) is 11.5 Å². The predicted octanol–water partition coefficient (Wildman–Crippen LogP) is 3.93. The van der Waals surface area contributed by atoms with Crippen molar-refractivity contribution in [2.45, 2.75) is 20.0 Å². The number of hydrazone groups is 1. The summed E-state index contributed by atoms with van der Waals surface area (Å²) in [6.07, 6.45) is 4.73. The third kappa shape index (κ3) is 5.12. The van der Waals surface area contributed by atoms with Crippen LogP contribution >= 0.6 is 11.8 Å². The largest absolute Gasteiger partial charge is 0.493 e. The number of hydrogen-bond acceptors (Lipinski definition) is 8. The molecule has 9 nitrogen and oxygen atoms in total. The number of sulfone groups is 1. The van der Waals surface area contributed by atoms with E-state index in [1.807, 2.05) is 37.3 Å². The predicted molar refractivity (Wildman–Crippen MR) is 142 cm³/mol. The van der Waals surface area contributed by atoms with Crippen molar-refractivity contribution in [3.63, 3.8) is 0 Å². The molecule has 0 saturated heterocycles. The van der Waals surface area contributed by atoms with Crippen LogP contribution in [0.25, 0.3) is 6.08 Å². The van der Waals surface area contributed by atoms with E-state index in [-0.39, 0.29) is 21.0 Å². The Morgan fingerprint density at radius 2 is 1.97 bits per heavy atom. The van der Waals surface area contributed by atoms with Crippen molar-refractivity contribution in [1.82, 2.24) is 5.01 Å². The van der Waals surface area contributed by atoms with Gasteiger partial charge in [-0.25, -0.2) is 8.42 Å². The lowest BCUT2D eigenvalue weighted by atomic mass is 10.0. The molecule has 0 unspecified atom stereocenters. The Bertz CT molecular complexity index is 1480. The zero-order valence-electron chi connectivity index (χ0n) is 19.9. The number of carbonyl (C=O) groups excluding carboxylic acids is 1. The van der Waals surface area contributed by atoms with Crippen molar-refractivity contribution in [1.29, 1.82) is 5.41 Å². The zero-order valence-corrected chi connectivity index (χ0v) is 21.6. The third-order valence-electron chi connectivity index (χ3n) is 5.44. The number of aliphatic imine (C=N–C) groups is 1. The van der Waals surface area contributed by atoms with Gasteiger partial charge in [0.05, 0.1) is 12.7 Å². The first kappa shape index (κ1) is 25.4. The molecule has 0 radical (unpaired) electrons. The molecule has 2 aromatic rings. The summed E-state index contributed by atoms with van der Waals surface area (Å²) >= 11 is 0.740. The molecule has 1 amide bonds. The van der Waals surface area contributed by atoms with Gasteiger partial charge in [-0.3, -0.25) is 10.2 Å². The number of fused-ring (bicyclic) bond motifs is 1. The summed E-state index contributed by atoms with van der Waals surface area (Å²) in [5.41, 5.74) is 3.50. The number of benzene rings is 2. The Hall–Kier alpha value is -3.70. The molecule has 0 aliphatic carbocycles. The lowest BCUT2D eigenvalue weighted by molar-refractivity contribution is -0.114. The fraction of sp³-hybridized carbons (Fsp3) is 0.200. The first-order chi connectivity index (χ1) is 17.1. The van der Waals surface area contributed by atoms with Gasteiger partial charge in [-0.05, 0) is 60.0 Å². The molecular weight excluding hydrogens is 500 g/mol. The van der Waals surface area contributed by atoms with Crippen LogP contribution in [0.15, 0.2) is 64.7 Å². The highest BCUT2D eigenvalue weighted by Gasteiger charge is 2.38. The monoisotopic (exact) mass is 524 g/mol. The highest BCUT2D eigenvalue weighted by atomic mass is 32.3. The minimum absolute atomic E-state index is 0.0296. The third-order valence-corrected chi connectivity index (χ3v) is 8.01. The average molecular weight is 525 g/mol. The van der Waals surface area contributed by atoms with Crippen molar-refractivity contribution < 1.29 is 22.7 Å². The maximum atomic E-state index is 12.7. The molecular formula is C25H24N4O5S2. The molecule has 0 atom stereocenters. The molecule has 2 aromatic carbocycles. The quantitative estimate of drug-likeness (QED) is 0.430. The molecule has 0 fully saturated rings. The normalized spacial score (nSPS) is 16.5. The highest BCUT2D eigenvalue weighted by molar-refractivity contribution is 8.42. The van der Waals surface area contributed by atoms with E-state index in [9.17, 15) is 13.2 Å². The van der Waals surface area contributed by atoms with Crippen LogP contribution < -0.4 is 9.47 Å². The van der Waals surface area contributed by atoms with Gasteiger partial charge in [0.1, 0.15) is 6.61 Å². The van der Waals surface area contributed by atoms with Crippen LogP contribution in [0.2, 0.25) is 0 Å². The summed E-state index contributed by atoms with van der Waals surface area (Å²) in [6.45, 7) is 6.19. The van der Waals surface area contributed by atoms with Gasteiger partial charge in [0, 0.05) is 11.8 Å². The van der Waals surface area contributed by atoms with Crippen molar-refractivity contribution in [2.24, 2.45) is 10.1 Å². The minimum atomic E-state index is -3.61. The topological polar surface area (TPSA) is 121 Å². The SMILES string of the molecule is C=CCc1cc(/C=C2/C(=N)N3N=C(S(C)(=O)=O)SC3=NC2=O)cc(OC)c1OCc1ccccc1C. The van der Waals surface area contributed by atoms with Crippen molar-refractivity contribution in [3.05, 3.63) is 76.9 Å². The van der Waals surface area contributed by atoms with E-state index in [2.05, 4.69) is 16.7 Å². The number of allylic oxidation sites excluding steroid dienone is 1. The summed E-state index contributed by atoms with van der Waals surface area (Å²) in [7, 11) is -2.08. The number of carbonyl (C=O) groups is 1. The number of aryl methyl sites for hydroxylation is 1. The molecule has 0 saturated carbocycles. The van der Waals surface area contributed by atoms with E-state index < -0.39 is 15.7 Å². The Balaban J connectivity index is 1.70. The molecule has 2 heterocycles. The van der Waals surface area contributed by atoms with Gasteiger partial charge < -0.3 is 9.47 Å². The average Bonchev–Trinajstić information content (AvgIpc) is 3.27. The Morgan fingerprint density at radius 3 is 2.64 bits per heavy atom. The molecule has 0 spiro atoms. The van der Waals surface area contributed by atoms with E-state index in [0.29, 0.717) is 30.1 Å². The zero-order chi connectivity index (χ0) is 26.0. The molecule has 36 heavy (non-hydrogen) atoms. The van der Waals surface area contributed by atoms with Gasteiger partial charge in [0.25, 0.3) is 5.91 Å². The molecule has 2 aliphatic heterocycles. The first-order valence-corrected chi connectivity index (χ1v) is 13.5. The number of hydrogen-bond donors (Lipinski definition) is 1. The smallest absolute Gasteiger partial charge is 0.283 e. The van der Waals surface area contributed by atoms with Gasteiger partial charge in [-0.15, -0.1) is 11.7 Å². The highest BCUT2D eigenvalue weighted by Crippen LogP contribution is 2.36. The second-order valence-corrected chi connectivity index (χ2v) is 11.2. The van der Waals surface area contributed by atoms with Gasteiger partial charge in [-0.1, -0.05) is 30.3 Å². The standard InChI is InChI=1S/C25H24N4O5S2/c1-5-8-17-11-16(13-20(33-3)21(17)34-14-18-10-7-6-9-15(18)2)12-19-22(26)29-24(27-23(19)30)35-25(28-29)36(4,31)32/h5-7,9-13,26H,1,8,14H2,2-4H3/b19-12-,26-22?. The number of rotatable bonds is 7. The van der Waals surface area contributed by atoms with E-state index in [4.69, 9.17) is 14.9 Å². The molecule has 1 N–H and O–H groups in total. The lowest BCUT2D eigenvalue weighted by Crippen LogP contribution is -2.35. The maximum Gasteiger partial charge on any atom is 0.283 e. The van der Waals surface area contributed by atoms with Crippen LogP contribution in [0.3, 0.4) is 0 Å². The Kier molecular flexibility index (Phi) is 7.14. The number of ether oxygens (including phenoxy) is 2. The minimum Gasteiger partial charge on any atom is -0.493 e. The number of amides is 1. The Labute approximate surface area is 213 Å². The second-order valence-electron chi connectivity index (χ2n) is 8.08. The van der Waals surface area contributed by atoms with Crippen molar-refractivity contribution >= 4 is 49.0 Å². The number of amidine groups is 2. The van der Waals surface area contributed by atoms with Gasteiger partial charge in [-0.2, -0.15) is 10.0 Å². The first-order valence-electron chi connectivity index (χ1n) is 10.8. The summed E-state index contributed by atoms with van der Waals surface area (Å²) in [4.78, 5) is 16.7. The van der Waals surface area contributed by atoms with E-state index in [0.717, 1.165) is 39.7 Å². The van der Waals surface area contributed by atoms with Gasteiger partial charge >= 0.3 is 0 Å². The van der Waals surface area contributed by atoms with Crippen LogP contribution in [0.1, 0.15) is 22.3 Å². The second kappa shape index (κ2) is 10.1. The number of nitrogens with zero attached hydrogens (tertiary/aromatic N) is 3. The lowest BCUT2D eigenvalue weighted by Gasteiger charge is -2.20. The summed E-state index contributed by atoms with van der Waals surface area (Å²) < 4.78 is 35.3. The number of nitrogens with one attached hydrogen (secondary N) is 1. The summed E-state index contributed by atoms with van der Waals surface area (Å²) in [6, 6.07) is 11.5. The molecule has 4 rings (SSSR count). The van der Waals surface area contributed by atoms with Gasteiger partial charge in [0.15, 0.2) is 17.3 Å². The van der Waals surface area contributed by atoms with Crippen LogP contribution in [-0.4, -0.2) is 48.1 Å². The van der Waals surface area contributed by atoms with E-state index >= 15 is 0 Å². The van der Waals surface area contributed by atoms with Crippen LogP contribution in [-0.2, 0) is 27.7 Å². The van der Waals surface area contributed by atoms with Crippen LogP contribution in [0.4, 0.5) is 0 Å². The molecule has 186 valence electrons. The molecule has 11 heteroatoms. The fourth-order valence-electron chi connectivity index (χ4n) is 3.60. The van der Waals surface area contributed by atoms with E-state index in [1.54, 1.807) is 12.1 Å². The number of thioether (sulfide) groups is 1. The number of methoxy groups -OCH3 is 1. The Morgan fingerprint density at radius 1 is 1.22 bits per heavy atom. The molecule has 0 bridgehead atoms. The van der Waals surface area contributed by atoms with E-state index in [1.165, 1.54) is 13.2 Å². The van der Waals surface area contributed by atoms with Crippen LogP contribution in [0.5, 0.6) is 11.5 Å². The van der Waals surface area contributed by atoms with Gasteiger partial charge in [0.2, 0.25) is 19.4 Å². The van der Waals surface area contributed by atoms with Crippen LogP contribution in [0, 0.1) is 12.3 Å². The molecule has 2 aliphatic rings. The fourth-order valence-corrected chi connectivity index (χ4v) is 5.29. The summed E-state index contributed by atoms with van der Waals surface area (Å²) in [5.74, 6) is 0.0995. The summed E-state index contributed by atoms with van der Waals surface area (Å²) in [5, 5.41) is 13.5. The van der Waals surface area contributed by atoms with Crippen molar-refractivity contribution in [2.75, 3.05) is 13.4 Å². The maximum absolute atomic E-state index is 12.7.